The Morgan fingerprint density at radius 3 is 2.74 bits per heavy atom. The van der Waals surface area contributed by atoms with Crippen LogP contribution in [0.5, 0.6) is 5.75 Å². The molecule has 1 aromatic carbocycles. The van der Waals surface area contributed by atoms with Crippen molar-refractivity contribution in [2.24, 2.45) is 0 Å². The molecule has 1 aliphatic rings. The fourth-order valence-electron chi connectivity index (χ4n) is 2.92. The number of aliphatic hydroxyl groups excluding tert-OH is 1. The Bertz CT molecular complexity index is 586. The third-order valence-electron chi connectivity index (χ3n) is 3.96. The van der Waals surface area contributed by atoms with E-state index in [0.29, 0.717) is 12.0 Å². The number of aromatic nitrogens is 2. The van der Waals surface area contributed by atoms with Crippen LogP contribution in [0.15, 0.2) is 18.2 Å². The summed E-state index contributed by atoms with van der Waals surface area (Å²) < 4.78 is 7.36. The van der Waals surface area contributed by atoms with Gasteiger partial charge in [0.1, 0.15) is 5.75 Å². The van der Waals surface area contributed by atoms with Gasteiger partial charge in [-0.2, -0.15) is 0 Å². The van der Waals surface area contributed by atoms with Crippen molar-refractivity contribution >= 4 is 17.0 Å². The van der Waals surface area contributed by atoms with E-state index in [9.17, 15) is 5.11 Å². The molecule has 5 nitrogen and oxygen atoms in total. The predicted octanol–water partition coefficient (Wildman–Crippen LogP) is 2.10. The fourth-order valence-corrected chi connectivity index (χ4v) is 2.92. The summed E-state index contributed by atoms with van der Waals surface area (Å²) in [7, 11) is 1.65. The van der Waals surface area contributed by atoms with E-state index < -0.39 is 0 Å². The Morgan fingerprint density at radius 2 is 2.05 bits per heavy atom. The van der Waals surface area contributed by atoms with E-state index in [4.69, 9.17) is 10.5 Å². The highest BCUT2D eigenvalue weighted by atomic mass is 16.5. The number of aliphatic hydroxyl groups is 1. The lowest BCUT2D eigenvalue weighted by atomic mass is 9.93. The van der Waals surface area contributed by atoms with Gasteiger partial charge in [0, 0.05) is 12.1 Å². The van der Waals surface area contributed by atoms with Crippen LogP contribution in [-0.2, 0) is 0 Å². The second-order valence-electron chi connectivity index (χ2n) is 5.16. The zero-order valence-corrected chi connectivity index (χ0v) is 11.0. The standard InChI is InChI=1S/C14H19N3O2/c1-19-11-6-7-12-13(8-11)17(14(15)16-12)9-2-4-10(18)5-3-9/h6-10,18H,2-5H2,1H3,(H2,15,16). The average molecular weight is 261 g/mol. The first-order valence-corrected chi connectivity index (χ1v) is 6.68. The van der Waals surface area contributed by atoms with Gasteiger partial charge in [-0.15, -0.1) is 0 Å². The lowest BCUT2D eigenvalue weighted by Gasteiger charge is -2.27. The van der Waals surface area contributed by atoms with Gasteiger partial charge in [0.05, 0.1) is 24.2 Å². The Balaban J connectivity index is 2.04. The summed E-state index contributed by atoms with van der Waals surface area (Å²) in [6.45, 7) is 0. The van der Waals surface area contributed by atoms with Gasteiger partial charge in [0.25, 0.3) is 0 Å². The van der Waals surface area contributed by atoms with Gasteiger partial charge >= 0.3 is 0 Å². The molecule has 1 heterocycles. The quantitative estimate of drug-likeness (QED) is 0.868. The summed E-state index contributed by atoms with van der Waals surface area (Å²) in [5.74, 6) is 1.36. The predicted molar refractivity (Wildman–Crippen MR) is 74.2 cm³/mol. The Morgan fingerprint density at radius 1 is 1.32 bits per heavy atom. The second-order valence-corrected chi connectivity index (χ2v) is 5.16. The maximum atomic E-state index is 9.61. The van der Waals surface area contributed by atoms with Crippen molar-refractivity contribution in [1.29, 1.82) is 0 Å². The number of benzene rings is 1. The van der Waals surface area contributed by atoms with Crippen LogP contribution in [0.2, 0.25) is 0 Å². The largest absolute Gasteiger partial charge is 0.497 e. The summed E-state index contributed by atoms with van der Waals surface area (Å²) in [5, 5.41) is 9.61. The van der Waals surface area contributed by atoms with Crippen molar-refractivity contribution in [2.45, 2.75) is 37.8 Å². The zero-order chi connectivity index (χ0) is 13.4. The first kappa shape index (κ1) is 12.3. The van der Waals surface area contributed by atoms with E-state index in [1.54, 1.807) is 7.11 Å². The van der Waals surface area contributed by atoms with Gasteiger partial charge in [-0.3, -0.25) is 0 Å². The lowest BCUT2D eigenvalue weighted by Crippen LogP contribution is -2.22. The van der Waals surface area contributed by atoms with Crippen LogP contribution in [0.1, 0.15) is 31.7 Å². The van der Waals surface area contributed by atoms with Crippen LogP contribution < -0.4 is 10.5 Å². The number of ether oxygens (including phenoxy) is 1. The number of anilines is 1. The number of methoxy groups -OCH3 is 1. The van der Waals surface area contributed by atoms with Gasteiger partial charge in [0.2, 0.25) is 5.95 Å². The molecule has 0 atom stereocenters. The van der Waals surface area contributed by atoms with Crippen molar-refractivity contribution < 1.29 is 9.84 Å². The maximum absolute atomic E-state index is 9.61. The molecule has 0 spiro atoms. The summed E-state index contributed by atoms with van der Waals surface area (Å²) in [5.41, 5.74) is 7.96. The third-order valence-corrected chi connectivity index (χ3v) is 3.96. The molecular weight excluding hydrogens is 242 g/mol. The average Bonchev–Trinajstić information content (AvgIpc) is 2.75. The van der Waals surface area contributed by atoms with Crippen LogP contribution in [0, 0.1) is 0 Å². The normalized spacial score (nSPS) is 23.7. The van der Waals surface area contributed by atoms with E-state index in [1.807, 2.05) is 18.2 Å². The van der Waals surface area contributed by atoms with Crippen LogP contribution >= 0.6 is 0 Å². The fraction of sp³-hybridized carbons (Fsp3) is 0.500. The third kappa shape index (κ3) is 2.14. The van der Waals surface area contributed by atoms with Crippen molar-refractivity contribution in [1.82, 2.24) is 9.55 Å². The lowest BCUT2D eigenvalue weighted by molar-refractivity contribution is 0.112. The van der Waals surface area contributed by atoms with Crippen molar-refractivity contribution in [3.63, 3.8) is 0 Å². The van der Waals surface area contributed by atoms with Gasteiger partial charge in [-0.1, -0.05) is 0 Å². The number of rotatable bonds is 2. The number of hydrogen-bond acceptors (Lipinski definition) is 4. The number of nitrogen functional groups attached to an aromatic ring is 1. The van der Waals surface area contributed by atoms with E-state index in [2.05, 4.69) is 9.55 Å². The SMILES string of the molecule is COc1ccc2nc(N)n(C3CCC(O)CC3)c2c1. The number of imidazole rings is 1. The highest BCUT2D eigenvalue weighted by molar-refractivity contribution is 5.80. The number of fused-ring (bicyclic) bond motifs is 1. The van der Waals surface area contributed by atoms with Crippen molar-refractivity contribution in [3.8, 4) is 5.75 Å². The molecule has 0 aliphatic heterocycles. The molecule has 0 radical (unpaired) electrons. The molecule has 3 N–H and O–H groups in total. The van der Waals surface area contributed by atoms with Crippen LogP contribution in [0.4, 0.5) is 5.95 Å². The molecule has 2 aromatic rings. The molecular formula is C14H19N3O2. The molecule has 1 aliphatic carbocycles. The Hall–Kier alpha value is -1.75. The van der Waals surface area contributed by atoms with Crippen molar-refractivity contribution in [2.75, 3.05) is 12.8 Å². The highest BCUT2D eigenvalue weighted by Gasteiger charge is 2.24. The van der Waals surface area contributed by atoms with Gasteiger partial charge < -0.3 is 20.1 Å². The molecule has 0 amide bonds. The minimum atomic E-state index is -0.165. The molecule has 5 heteroatoms. The first-order chi connectivity index (χ1) is 9.19. The minimum Gasteiger partial charge on any atom is -0.497 e. The minimum absolute atomic E-state index is 0.165. The van der Waals surface area contributed by atoms with E-state index in [1.165, 1.54) is 0 Å². The molecule has 19 heavy (non-hydrogen) atoms. The molecule has 1 saturated carbocycles. The number of nitrogens with two attached hydrogens (primary N) is 1. The van der Waals surface area contributed by atoms with Gasteiger partial charge in [-0.25, -0.2) is 4.98 Å². The highest BCUT2D eigenvalue weighted by Crippen LogP contribution is 2.34. The maximum Gasteiger partial charge on any atom is 0.201 e. The summed E-state index contributed by atoms with van der Waals surface area (Å²) in [6.07, 6.45) is 3.37. The van der Waals surface area contributed by atoms with E-state index >= 15 is 0 Å². The van der Waals surface area contributed by atoms with E-state index in [-0.39, 0.29) is 6.10 Å². The summed E-state index contributed by atoms with van der Waals surface area (Å²) in [6, 6.07) is 6.12. The monoisotopic (exact) mass is 261 g/mol. The van der Waals surface area contributed by atoms with Gasteiger partial charge in [-0.05, 0) is 37.8 Å². The van der Waals surface area contributed by atoms with Crippen LogP contribution in [-0.4, -0.2) is 27.9 Å². The Labute approximate surface area is 112 Å². The van der Waals surface area contributed by atoms with E-state index in [0.717, 1.165) is 42.5 Å². The number of nitrogens with zero attached hydrogens (tertiary/aromatic N) is 2. The zero-order valence-electron chi connectivity index (χ0n) is 11.0. The summed E-state index contributed by atoms with van der Waals surface area (Å²) in [4.78, 5) is 4.41. The molecule has 1 aromatic heterocycles. The van der Waals surface area contributed by atoms with Crippen LogP contribution in [0.3, 0.4) is 0 Å². The number of hydrogen-bond donors (Lipinski definition) is 2. The smallest absolute Gasteiger partial charge is 0.201 e. The molecule has 102 valence electrons. The Kier molecular flexibility index (Phi) is 3.06. The molecule has 3 rings (SSSR count). The molecule has 0 bridgehead atoms. The summed E-state index contributed by atoms with van der Waals surface area (Å²) >= 11 is 0. The van der Waals surface area contributed by atoms with Crippen molar-refractivity contribution in [3.05, 3.63) is 18.2 Å². The second kappa shape index (κ2) is 4.74. The molecule has 1 fully saturated rings. The topological polar surface area (TPSA) is 73.3 Å². The molecule has 0 saturated heterocycles. The molecule has 0 unspecified atom stereocenters. The van der Waals surface area contributed by atoms with Gasteiger partial charge in [0.15, 0.2) is 0 Å². The first-order valence-electron chi connectivity index (χ1n) is 6.68. The van der Waals surface area contributed by atoms with Crippen LogP contribution in [0.25, 0.3) is 11.0 Å².